The van der Waals surface area contributed by atoms with Gasteiger partial charge in [-0.3, -0.25) is 4.79 Å². The van der Waals surface area contributed by atoms with Gasteiger partial charge in [0.05, 0.1) is 17.1 Å². The molecule has 0 bridgehead atoms. The van der Waals surface area contributed by atoms with Gasteiger partial charge in [0.1, 0.15) is 5.25 Å². The Bertz CT molecular complexity index is 696. The highest BCUT2D eigenvalue weighted by Crippen LogP contribution is 2.32. The number of carbonyl (C=O) groups is 1. The molecule has 1 aromatic heterocycles. The highest BCUT2D eigenvalue weighted by atomic mass is 32.2. The Morgan fingerprint density at radius 2 is 2.00 bits per heavy atom. The number of cyclic esters (lactones) is 1. The zero-order valence-electron chi connectivity index (χ0n) is 11.9. The van der Waals surface area contributed by atoms with Gasteiger partial charge >= 0.3 is 5.97 Å². The summed E-state index contributed by atoms with van der Waals surface area (Å²) in [6, 6.07) is 6.38. The summed E-state index contributed by atoms with van der Waals surface area (Å²) in [4.78, 5) is 16.3. The van der Waals surface area contributed by atoms with Crippen LogP contribution in [0.4, 0.5) is 0 Å². The second kappa shape index (κ2) is 5.09. The van der Waals surface area contributed by atoms with Gasteiger partial charge in [0.15, 0.2) is 0 Å². The molecule has 1 aliphatic rings. The van der Waals surface area contributed by atoms with Crippen LogP contribution in [0, 0.1) is 20.8 Å². The number of hydrogen-bond acceptors (Lipinski definition) is 4. The topological polar surface area (TPSA) is 39.2 Å². The van der Waals surface area contributed by atoms with Crippen LogP contribution in [-0.4, -0.2) is 22.8 Å². The van der Waals surface area contributed by atoms with E-state index in [0.717, 1.165) is 17.0 Å². The minimum absolute atomic E-state index is 0.106. The van der Waals surface area contributed by atoms with Crippen molar-refractivity contribution in [1.82, 2.24) is 4.98 Å². The molecular weight excluding hydrogens is 270 g/mol. The fourth-order valence-electron chi connectivity index (χ4n) is 2.60. The Morgan fingerprint density at radius 1 is 1.20 bits per heavy atom. The Hall–Kier alpha value is -1.55. The maximum absolute atomic E-state index is 11.6. The van der Waals surface area contributed by atoms with Crippen molar-refractivity contribution in [3.8, 4) is 0 Å². The summed E-state index contributed by atoms with van der Waals surface area (Å²) >= 11 is 1.52. The van der Waals surface area contributed by atoms with Crippen molar-refractivity contribution in [3.63, 3.8) is 0 Å². The van der Waals surface area contributed by atoms with Gasteiger partial charge in [-0.25, -0.2) is 4.98 Å². The molecular formula is C16H17NO2S. The smallest absolute Gasteiger partial charge is 0.319 e. The Morgan fingerprint density at radius 3 is 2.70 bits per heavy atom. The second-order valence-corrected chi connectivity index (χ2v) is 6.54. The number of ether oxygens (including phenoxy) is 1. The molecule has 0 unspecified atom stereocenters. The van der Waals surface area contributed by atoms with E-state index in [0.29, 0.717) is 6.61 Å². The lowest BCUT2D eigenvalue weighted by Crippen LogP contribution is -2.09. The lowest BCUT2D eigenvalue weighted by atomic mass is 10.0. The normalized spacial score (nSPS) is 18.6. The molecule has 0 N–H and O–H groups in total. The summed E-state index contributed by atoms with van der Waals surface area (Å²) in [5.41, 5.74) is 4.67. The average molecular weight is 287 g/mol. The zero-order valence-corrected chi connectivity index (χ0v) is 12.7. The number of carbonyl (C=O) groups excluding carboxylic acids is 1. The van der Waals surface area contributed by atoms with Crippen molar-refractivity contribution in [3.05, 3.63) is 34.9 Å². The van der Waals surface area contributed by atoms with Crippen molar-refractivity contribution in [1.29, 1.82) is 0 Å². The zero-order chi connectivity index (χ0) is 14.3. The van der Waals surface area contributed by atoms with E-state index in [1.54, 1.807) is 0 Å². The van der Waals surface area contributed by atoms with Crippen LogP contribution in [0.2, 0.25) is 0 Å². The molecule has 0 amide bonds. The first kappa shape index (κ1) is 13.4. The van der Waals surface area contributed by atoms with Crippen LogP contribution in [-0.2, 0) is 9.53 Å². The highest BCUT2D eigenvalue weighted by Gasteiger charge is 2.28. The minimum Gasteiger partial charge on any atom is -0.465 e. The molecule has 3 nitrogen and oxygen atoms in total. The number of hydrogen-bond donors (Lipinski definition) is 0. The van der Waals surface area contributed by atoms with Crippen molar-refractivity contribution in [2.45, 2.75) is 37.5 Å². The number of aromatic nitrogens is 1. The van der Waals surface area contributed by atoms with Crippen molar-refractivity contribution < 1.29 is 9.53 Å². The van der Waals surface area contributed by atoms with Crippen LogP contribution in [0.25, 0.3) is 10.9 Å². The van der Waals surface area contributed by atoms with Crippen molar-refractivity contribution in [2.24, 2.45) is 0 Å². The highest BCUT2D eigenvalue weighted by molar-refractivity contribution is 8.00. The molecule has 2 aromatic rings. The lowest BCUT2D eigenvalue weighted by Gasteiger charge is -2.11. The van der Waals surface area contributed by atoms with Gasteiger partial charge in [-0.15, -0.1) is 0 Å². The predicted molar refractivity (Wildman–Crippen MR) is 81.2 cm³/mol. The first-order chi connectivity index (χ1) is 9.54. The summed E-state index contributed by atoms with van der Waals surface area (Å²) < 4.78 is 5.01. The van der Waals surface area contributed by atoms with Gasteiger partial charge in [0, 0.05) is 11.8 Å². The third-order valence-corrected chi connectivity index (χ3v) is 4.75. The van der Waals surface area contributed by atoms with E-state index < -0.39 is 0 Å². The molecule has 3 rings (SSSR count). The van der Waals surface area contributed by atoms with Gasteiger partial charge in [-0.1, -0.05) is 23.4 Å². The Kier molecular flexibility index (Phi) is 3.42. The third-order valence-electron chi connectivity index (χ3n) is 3.58. The molecule has 2 heterocycles. The number of esters is 1. The van der Waals surface area contributed by atoms with Gasteiger partial charge in [0.25, 0.3) is 0 Å². The molecule has 1 aromatic carbocycles. The molecule has 104 valence electrons. The number of benzene rings is 1. The van der Waals surface area contributed by atoms with Gasteiger partial charge in [-0.05, 0) is 44.0 Å². The van der Waals surface area contributed by atoms with E-state index in [-0.39, 0.29) is 11.2 Å². The van der Waals surface area contributed by atoms with E-state index in [1.165, 1.54) is 33.8 Å². The molecule has 1 fully saturated rings. The molecule has 1 atom stereocenters. The summed E-state index contributed by atoms with van der Waals surface area (Å²) in [7, 11) is 0. The number of thioether (sulfide) groups is 1. The molecule has 0 radical (unpaired) electrons. The summed E-state index contributed by atoms with van der Waals surface area (Å²) in [5.74, 6) is -0.116. The second-order valence-electron chi connectivity index (χ2n) is 5.32. The standard InChI is InChI=1S/C16H17NO2S/c1-9-6-11(3)15-12(7-9)10(2)8-14(17-15)20-13-4-5-19-16(13)18/h6-8,13H,4-5H2,1-3H3/t13-/m1/s1. The first-order valence-electron chi connectivity index (χ1n) is 6.76. The van der Waals surface area contributed by atoms with Crippen LogP contribution >= 0.6 is 11.8 Å². The largest absolute Gasteiger partial charge is 0.465 e. The first-order valence-corrected chi connectivity index (χ1v) is 7.64. The molecule has 0 spiro atoms. The van der Waals surface area contributed by atoms with Gasteiger partial charge < -0.3 is 4.74 Å². The molecule has 20 heavy (non-hydrogen) atoms. The van der Waals surface area contributed by atoms with Crippen LogP contribution in [0.3, 0.4) is 0 Å². The Labute approximate surface area is 122 Å². The van der Waals surface area contributed by atoms with Crippen LogP contribution in [0.5, 0.6) is 0 Å². The van der Waals surface area contributed by atoms with E-state index in [1.807, 2.05) is 0 Å². The SMILES string of the molecule is Cc1cc(C)c2nc(S[C@@H]3CCOC3=O)cc(C)c2c1. The van der Waals surface area contributed by atoms with Crippen molar-refractivity contribution >= 4 is 28.6 Å². The quantitative estimate of drug-likeness (QED) is 0.792. The minimum atomic E-state index is -0.116. The average Bonchev–Trinajstić information content (AvgIpc) is 2.77. The predicted octanol–water partition coefficient (Wildman–Crippen LogP) is 3.57. The summed E-state index contributed by atoms with van der Waals surface area (Å²) in [6.07, 6.45) is 0.773. The molecule has 0 aliphatic carbocycles. The maximum atomic E-state index is 11.6. The number of fused-ring (bicyclic) bond motifs is 1. The van der Waals surface area contributed by atoms with E-state index in [2.05, 4.69) is 39.0 Å². The molecule has 1 saturated heterocycles. The van der Waals surface area contributed by atoms with Crippen LogP contribution in [0.15, 0.2) is 23.2 Å². The van der Waals surface area contributed by atoms with E-state index >= 15 is 0 Å². The monoisotopic (exact) mass is 287 g/mol. The third kappa shape index (κ3) is 2.40. The number of rotatable bonds is 2. The number of pyridine rings is 1. The molecule has 4 heteroatoms. The van der Waals surface area contributed by atoms with E-state index in [4.69, 9.17) is 9.72 Å². The number of nitrogens with zero attached hydrogens (tertiary/aromatic N) is 1. The fourth-order valence-corrected chi connectivity index (χ4v) is 3.66. The fraction of sp³-hybridized carbons (Fsp3) is 0.375. The maximum Gasteiger partial charge on any atom is 0.319 e. The van der Waals surface area contributed by atoms with Crippen LogP contribution < -0.4 is 0 Å². The van der Waals surface area contributed by atoms with Gasteiger partial charge in [-0.2, -0.15) is 0 Å². The van der Waals surface area contributed by atoms with Gasteiger partial charge in [0.2, 0.25) is 0 Å². The molecule has 1 aliphatic heterocycles. The Balaban J connectivity index is 2.03. The summed E-state index contributed by atoms with van der Waals surface area (Å²) in [6.45, 7) is 6.81. The van der Waals surface area contributed by atoms with Crippen molar-refractivity contribution in [2.75, 3.05) is 6.61 Å². The lowest BCUT2D eigenvalue weighted by molar-refractivity contribution is -0.137. The number of aryl methyl sites for hydroxylation is 3. The van der Waals surface area contributed by atoms with Crippen LogP contribution in [0.1, 0.15) is 23.1 Å². The summed E-state index contributed by atoms with van der Waals surface area (Å²) in [5, 5.41) is 2.00. The molecule has 0 saturated carbocycles. The van der Waals surface area contributed by atoms with E-state index in [9.17, 15) is 4.79 Å².